The summed E-state index contributed by atoms with van der Waals surface area (Å²) in [6.07, 6.45) is -2.14. The Hall–Kier alpha value is -3.63. The number of amides is 2. The van der Waals surface area contributed by atoms with E-state index in [0.717, 1.165) is 56.2 Å². The quantitative estimate of drug-likeness (QED) is 0.516. The standard InChI is InChI=1S/C26H25F3N4O3/c27-26(28,29)19-2-1-3-20(15-19)31-25(34)33-9-7-18-14-22(4-5-24(18)33)36-23-6-8-30-21(16-23)17-32-10-12-35-13-11-32/h1-6,8,14-16H,7,9-13,17H2,(H,31,34). The normalized spacial score (nSPS) is 16.0. The maximum Gasteiger partial charge on any atom is 0.416 e. The molecular weight excluding hydrogens is 473 g/mol. The number of aromatic nitrogens is 1. The van der Waals surface area contributed by atoms with Gasteiger partial charge < -0.3 is 14.8 Å². The van der Waals surface area contributed by atoms with Crippen molar-refractivity contribution in [3.8, 4) is 11.5 Å². The summed E-state index contributed by atoms with van der Waals surface area (Å²) in [6.45, 7) is 4.33. The van der Waals surface area contributed by atoms with Gasteiger partial charge in [0.25, 0.3) is 0 Å². The fourth-order valence-electron chi connectivity index (χ4n) is 4.35. The highest BCUT2D eigenvalue weighted by molar-refractivity contribution is 6.03. The van der Waals surface area contributed by atoms with Crippen LogP contribution >= 0.6 is 0 Å². The SMILES string of the molecule is O=C(Nc1cccc(C(F)(F)F)c1)N1CCc2cc(Oc3ccnc(CN4CCOCC4)c3)ccc21. The van der Waals surface area contributed by atoms with Crippen molar-refractivity contribution in [3.63, 3.8) is 0 Å². The third-order valence-electron chi connectivity index (χ3n) is 6.15. The van der Waals surface area contributed by atoms with Crippen LogP contribution in [0.4, 0.5) is 29.3 Å². The number of rotatable bonds is 5. The first kappa shape index (κ1) is 24.1. The zero-order valence-corrected chi connectivity index (χ0v) is 19.4. The lowest BCUT2D eigenvalue weighted by Gasteiger charge is -2.26. The van der Waals surface area contributed by atoms with Crippen molar-refractivity contribution in [1.29, 1.82) is 0 Å². The van der Waals surface area contributed by atoms with Crippen LogP contribution in [-0.4, -0.2) is 48.8 Å². The summed E-state index contributed by atoms with van der Waals surface area (Å²) in [7, 11) is 0. The lowest BCUT2D eigenvalue weighted by Crippen LogP contribution is -2.35. The van der Waals surface area contributed by atoms with E-state index in [1.807, 2.05) is 12.1 Å². The molecule has 2 amide bonds. The van der Waals surface area contributed by atoms with Gasteiger partial charge in [-0.25, -0.2) is 4.79 Å². The molecule has 0 atom stereocenters. The first-order valence-corrected chi connectivity index (χ1v) is 11.7. The van der Waals surface area contributed by atoms with Crippen molar-refractivity contribution in [1.82, 2.24) is 9.88 Å². The van der Waals surface area contributed by atoms with Gasteiger partial charge in [0.15, 0.2) is 0 Å². The number of alkyl halides is 3. The molecule has 188 valence electrons. The highest BCUT2D eigenvalue weighted by atomic mass is 19.4. The minimum Gasteiger partial charge on any atom is -0.457 e. The Bertz CT molecular complexity index is 1250. The first-order valence-electron chi connectivity index (χ1n) is 11.7. The van der Waals surface area contributed by atoms with E-state index in [0.29, 0.717) is 30.2 Å². The van der Waals surface area contributed by atoms with Gasteiger partial charge in [-0.3, -0.25) is 14.8 Å². The van der Waals surface area contributed by atoms with Crippen LogP contribution < -0.4 is 15.0 Å². The number of hydrogen-bond acceptors (Lipinski definition) is 5. The number of nitrogens with one attached hydrogen (secondary N) is 1. The zero-order valence-electron chi connectivity index (χ0n) is 19.4. The molecule has 0 saturated carbocycles. The van der Waals surface area contributed by atoms with E-state index < -0.39 is 17.8 Å². The largest absolute Gasteiger partial charge is 0.457 e. The third kappa shape index (κ3) is 5.60. The number of nitrogens with zero attached hydrogens (tertiary/aromatic N) is 3. The van der Waals surface area contributed by atoms with Crippen molar-refractivity contribution in [2.75, 3.05) is 43.1 Å². The van der Waals surface area contributed by atoms with Gasteiger partial charge in [0.2, 0.25) is 0 Å². The molecule has 0 aliphatic carbocycles. The van der Waals surface area contributed by atoms with Gasteiger partial charge in [0, 0.05) is 49.8 Å². The molecule has 1 aromatic heterocycles. The van der Waals surface area contributed by atoms with Crippen molar-refractivity contribution in [2.45, 2.75) is 19.1 Å². The van der Waals surface area contributed by atoms with Crippen LogP contribution in [0.15, 0.2) is 60.8 Å². The average Bonchev–Trinajstić information content (AvgIpc) is 3.28. The van der Waals surface area contributed by atoms with Crippen molar-refractivity contribution in [2.24, 2.45) is 0 Å². The van der Waals surface area contributed by atoms with Gasteiger partial charge in [-0.2, -0.15) is 13.2 Å². The predicted octanol–water partition coefficient (Wildman–Crippen LogP) is 5.32. The van der Waals surface area contributed by atoms with Gasteiger partial charge in [-0.05, 0) is 54.4 Å². The monoisotopic (exact) mass is 498 g/mol. The Morgan fingerprint density at radius 2 is 1.83 bits per heavy atom. The Balaban J connectivity index is 1.24. The van der Waals surface area contributed by atoms with Crippen molar-refractivity contribution in [3.05, 3.63) is 77.6 Å². The molecule has 0 radical (unpaired) electrons. The molecule has 2 aliphatic heterocycles. The first-order chi connectivity index (χ1) is 17.3. The van der Waals surface area contributed by atoms with Crippen molar-refractivity contribution < 1.29 is 27.4 Å². The number of carbonyl (C=O) groups excluding carboxylic acids is 1. The molecule has 7 nitrogen and oxygen atoms in total. The Kier molecular flexibility index (Phi) is 6.80. The number of morpholine rings is 1. The Morgan fingerprint density at radius 1 is 1.03 bits per heavy atom. The second kappa shape index (κ2) is 10.2. The molecule has 5 rings (SSSR count). The second-order valence-corrected chi connectivity index (χ2v) is 8.67. The number of carbonyl (C=O) groups is 1. The predicted molar refractivity (Wildman–Crippen MR) is 128 cm³/mol. The number of anilines is 2. The molecule has 10 heteroatoms. The molecule has 2 aliphatic rings. The fourth-order valence-corrected chi connectivity index (χ4v) is 4.35. The smallest absolute Gasteiger partial charge is 0.416 e. The zero-order chi connectivity index (χ0) is 25.1. The molecule has 2 aromatic carbocycles. The van der Waals surface area contributed by atoms with Crippen LogP contribution in [-0.2, 0) is 23.9 Å². The molecule has 1 fully saturated rings. The lowest BCUT2D eigenvalue weighted by atomic mass is 10.1. The summed E-state index contributed by atoms with van der Waals surface area (Å²) in [5, 5.41) is 2.57. The molecule has 3 heterocycles. The van der Waals surface area contributed by atoms with Gasteiger partial charge in [0.1, 0.15) is 11.5 Å². The van der Waals surface area contributed by atoms with E-state index in [9.17, 15) is 18.0 Å². The molecule has 0 spiro atoms. The fraction of sp³-hybridized carbons (Fsp3) is 0.308. The van der Waals surface area contributed by atoms with Crippen LogP contribution in [0.5, 0.6) is 11.5 Å². The molecule has 1 saturated heterocycles. The topological polar surface area (TPSA) is 66.9 Å². The minimum atomic E-state index is -4.48. The summed E-state index contributed by atoms with van der Waals surface area (Å²) in [6, 6.07) is 13.3. The van der Waals surface area contributed by atoms with E-state index in [-0.39, 0.29) is 5.69 Å². The summed E-state index contributed by atoms with van der Waals surface area (Å²) >= 11 is 0. The number of benzene rings is 2. The van der Waals surface area contributed by atoms with E-state index >= 15 is 0 Å². The second-order valence-electron chi connectivity index (χ2n) is 8.67. The highest BCUT2D eigenvalue weighted by Crippen LogP contribution is 2.34. The average molecular weight is 499 g/mol. The maximum atomic E-state index is 13.0. The van der Waals surface area contributed by atoms with Gasteiger partial charge in [0.05, 0.1) is 24.5 Å². The maximum absolute atomic E-state index is 13.0. The Labute approximate surface area is 206 Å². The third-order valence-corrected chi connectivity index (χ3v) is 6.15. The van der Waals surface area contributed by atoms with Crippen LogP contribution in [0.3, 0.4) is 0 Å². The highest BCUT2D eigenvalue weighted by Gasteiger charge is 2.31. The summed E-state index contributed by atoms with van der Waals surface area (Å²) in [5.74, 6) is 1.31. The number of halogens is 3. The van der Waals surface area contributed by atoms with Gasteiger partial charge >= 0.3 is 12.2 Å². The van der Waals surface area contributed by atoms with E-state index in [2.05, 4.69) is 15.2 Å². The molecule has 36 heavy (non-hydrogen) atoms. The van der Waals surface area contributed by atoms with Crippen LogP contribution in [0, 0.1) is 0 Å². The number of pyridine rings is 1. The summed E-state index contributed by atoms with van der Waals surface area (Å²) in [5.41, 5.74) is 1.82. The minimum absolute atomic E-state index is 0.0915. The molecule has 0 unspecified atom stereocenters. The summed E-state index contributed by atoms with van der Waals surface area (Å²) in [4.78, 5) is 21.0. The molecule has 3 aromatic rings. The van der Waals surface area contributed by atoms with E-state index in [1.165, 1.54) is 17.0 Å². The van der Waals surface area contributed by atoms with E-state index in [1.54, 1.807) is 24.4 Å². The number of hydrogen-bond donors (Lipinski definition) is 1. The van der Waals surface area contributed by atoms with Crippen molar-refractivity contribution >= 4 is 17.4 Å². The van der Waals surface area contributed by atoms with Gasteiger partial charge in [-0.15, -0.1) is 0 Å². The molecule has 0 bridgehead atoms. The van der Waals surface area contributed by atoms with Crippen LogP contribution in [0.2, 0.25) is 0 Å². The lowest BCUT2D eigenvalue weighted by molar-refractivity contribution is -0.137. The molecule has 1 N–H and O–H groups in total. The van der Waals surface area contributed by atoms with Crippen LogP contribution in [0.25, 0.3) is 0 Å². The summed E-state index contributed by atoms with van der Waals surface area (Å²) < 4.78 is 50.4. The number of fused-ring (bicyclic) bond motifs is 1. The molecular formula is C26H25F3N4O3. The number of ether oxygens (including phenoxy) is 2. The van der Waals surface area contributed by atoms with E-state index in [4.69, 9.17) is 9.47 Å². The number of urea groups is 1. The van der Waals surface area contributed by atoms with Gasteiger partial charge in [-0.1, -0.05) is 6.07 Å². The Morgan fingerprint density at radius 3 is 2.64 bits per heavy atom. The van der Waals surface area contributed by atoms with Crippen LogP contribution in [0.1, 0.15) is 16.8 Å².